The molecule has 2 aromatic heterocycles. The van der Waals surface area contributed by atoms with Gasteiger partial charge in [-0.1, -0.05) is 0 Å². The number of aryl methyl sites for hydroxylation is 1. The van der Waals surface area contributed by atoms with E-state index in [1.54, 1.807) is 0 Å². The van der Waals surface area contributed by atoms with E-state index in [9.17, 15) is 0 Å². The van der Waals surface area contributed by atoms with Crippen molar-refractivity contribution in [1.29, 1.82) is 0 Å². The van der Waals surface area contributed by atoms with E-state index in [2.05, 4.69) is 30.4 Å². The largest absolute Gasteiger partial charge is 0.367 e. The van der Waals surface area contributed by atoms with Gasteiger partial charge in [0.2, 0.25) is 0 Å². The Kier molecular flexibility index (Phi) is 2.93. The molecular formula is C12H16N6. The summed E-state index contributed by atoms with van der Waals surface area (Å²) in [6.45, 7) is 5.75. The SMILES string of the molecule is Cc1nnc(-c2cc[nH]c2)c(N2CCNCC2)n1. The molecule has 1 saturated heterocycles. The van der Waals surface area contributed by atoms with Crippen molar-refractivity contribution in [3.8, 4) is 11.3 Å². The molecule has 0 saturated carbocycles. The standard InChI is InChI=1S/C12H16N6/c1-9-15-12(18-6-4-13-5-7-18)11(17-16-9)10-2-3-14-8-10/h2-3,8,13-14H,4-7H2,1H3. The number of piperazine rings is 1. The third kappa shape index (κ3) is 2.06. The van der Waals surface area contributed by atoms with Crippen LogP contribution in [0, 0.1) is 6.92 Å². The summed E-state index contributed by atoms with van der Waals surface area (Å²) in [5, 5.41) is 11.7. The molecule has 6 heteroatoms. The van der Waals surface area contributed by atoms with Crippen molar-refractivity contribution < 1.29 is 0 Å². The van der Waals surface area contributed by atoms with Gasteiger partial charge in [0.25, 0.3) is 0 Å². The number of H-pyrrole nitrogens is 1. The first-order valence-electron chi connectivity index (χ1n) is 6.15. The summed E-state index contributed by atoms with van der Waals surface area (Å²) in [6.07, 6.45) is 3.81. The van der Waals surface area contributed by atoms with Crippen molar-refractivity contribution in [3.63, 3.8) is 0 Å². The van der Waals surface area contributed by atoms with Gasteiger partial charge in [0.05, 0.1) is 0 Å². The number of anilines is 1. The molecular weight excluding hydrogens is 228 g/mol. The van der Waals surface area contributed by atoms with E-state index in [1.165, 1.54) is 0 Å². The van der Waals surface area contributed by atoms with Gasteiger partial charge >= 0.3 is 0 Å². The van der Waals surface area contributed by atoms with Crippen LogP contribution in [0.1, 0.15) is 5.82 Å². The predicted octanol–water partition coefficient (Wildman–Crippen LogP) is 0.585. The average Bonchev–Trinajstić information content (AvgIpc) is 2.93. The van der Waals surface area contributed by atoms with E-state index in [4.69, 9.17) is 0 Å². The van der Waals surface area contributed by atoms with Gasteiger partial charge in [-0.05, 0) is 13.0 Å². The maximum atomic E-state index is 4.56. The molecule has 1 aliphatic heterocycles. The minimum absolute atomic E-state index is 0.711. The van der Waals surface area contributed by atoms with E-state index in [0.29, 0.717) is 5.82 Å². The Hall–Kier alpha value is -1.95. The van der Waals surface area contributed by atoms with Crippen LogP contribution in [0.2, 0.25) is 0 Å². The van der Waals surface area contributed by atoms with E-state index >= 15 is 0 Å². The van der Waals surface area contributed by atoms with Gasteiger partial charge in [0.15, 0.2) is 5.82 Å². The van der Waals surface area contributed by atoms with E-state index in [0.717, 1.165) is 43.3 Å². The smallest absolute Gasteiger partial charge is 0.159 e. The fourth-order valence-electron chi connectivity index (χ4n) is 2.15. The summed E-state index contributed by atoms with van der Waals surface area (Å²) in [5.74, 6) is 1.64. The van der Waals surface area contributed by atoms with Crippen LogP contribution in [0.15, 0.2) is 18.5 Å². The molecule has 0 amide bonds. The normalized spacial score (nSPS) is 15.9. The molecule has 6 nitrogen and oxygen atoms in total. The first-order chi connectivity index (χ1) is 8.84. The van der Waals surface area contributed by atoms with Gasteiger partial charge in [-0.15, -0.1) is 10.2 Å². The zero-order chi connectivity index (χ0) is 12.4. The first kappa shape index (κ1) is 11.2. The number of nitrogens with zero attached hydrogens (tertiary/aromatic N) is 4. The van der Waals surface area contributed by atoms with Crippen molar-refractivity contribution in [1.82, 2.24) is 25.5 Å². The van der Waals surface area contributed by atoms with Crippen LogP contribution in [-0.4, -0.2) is 46.3 Å². The van der Waals surface area contributed by atoms with Gasteiger partial charge in [-0.2, -0.15) is 0 Å². The maximum absolute atomic E-state index is 4.56. The molecule has 0 aromatic carbocycles. The van der Waals surface area contributed by atoms with Crippen molar-refractivity contribution in [3.05, 3.63) is 24.3 Å². The topological polar surface area (TPSA) is 69.7 Å². The van der Waals surface area contributed by atoms with Gasteiger partial charge < -0.3 is 15.2 Å². The molecule has 3 rings (SSSR count). The molecule has 0 bridgehead atoms. The van der Waals surface area contributed by atoms with Crippen LogP contribution in [0.25, 0.3) is 11.3 Å². The zero-order valence-corrected chi connectivity index (χ0v) is 10.3. The van der Waals surface area contributed by atoms with Crippen LogP contribution in [0.5, 0.6) is 0 Å². The second kappa shape index (κ2) is 4.73. The van der Waals surface area contributed by atoms with Crippen molar-refractivity contribution in [2.24, 2.45) is 0 Å². The van der Waals surface area contributed by atoms with E-state index in [-0.39, 0.29) is 0 Å². The summed E-state index contributed by atoms with van der Waals surface area (Å²) in [6, 6.07) is 1.99. The van der Waals surface area contributed by atoms with E-state index in [1.807, 2.05) is 25.4 Å². The van der Waals surface area contributed by atoms with Crippen LogP contribution in [-0.2, 0) is 0 Å². The molecule has 94 valence electrons. The molecule has 3 heterocycles. The molecule has 2 aromatic rings. The van der Waals surface area contributed by atoms with Crippen molar-refractivity contribution in [2.45, 2.75) is 6.92 Å². The lowest BCUT2D eigenvalue weighted by Crippen LogP contribution is -2.44. The second-order valence-corrected chi connectivity index (χ2v) is 4.37. The van der Waals surface area contributed by atoms with Gasteiger partial charge in [0.1, 0.15) is 11.5 Å². The highest BCUT2D eigenvalue weighted by Gasteiger charge is 2.18. The van der Waals surface area contributed by atoms with Gasteiger partial charge in [-0.25, -0.2) is 4.98 Å². The average molecular weight is 244 g/mol. The molecule has 0 radical (unpaired) electrons. The molecule has 0 aliphatic carbocycles. The lowest BCUT2D eigenvalue weighted by molar-refractivity contribution is 0.583. The molecule has 0 spiro atoms. The molecule has 18 heavy (non-hydrogen) atoms. The molecule has 1 aliphatic rings. The highest BCUT2D eigenvalue weighted by molar-refractivity contribution is 5.71. The molecule has 1 fully saturated rings. The van der Waals surface area contributed by atoms with Crippen molar-refractivity contribution >= 4 is 5.82 Å². The third-order valence-corrected chi connectivity index (χ3v) is 3.06. The molecule has 0 atom stereocenters. The number of aromatic amines is 1. The Morgan fingerprint density at radius 2 is 2.06 bits per heavy atom. The number of hydrogen-bond donors (Lipinski definition) is 2. The minimum atomic E-state index is 0.711. The first-order valence-corrected chi connectivity index (χ1v) is 6.15. The predicted molar refractivity (Wildman–Crippen MR) is 69.4 cm³/mol. The summed E-state index contributed by atoms with van der Waals surface area (Å²) in [4.78, 5) is 9.87. The van der Waals surface area contributed by atoms with Gasteiger partial charge in [-0.3, -0.25) is 0 Å². The van der Waals surface area contributed by atoms with E-state index < -0.39 is 0 Å². The molecule has 0 unspecified atom stereocenters. The fourth-order valence-corrected chi connectivity index (χ4v) is 2.15. The summed E-state index contributed by atoms with van der Waals surface area (Å²) < 4.78 is 0. The lowest BCUT2D eigenvalue weighted by atomic mass is 10.2. The summed E-state index contributed by atoms with van der Waals surface area (Å²) in [5.41, 5.74) is 1.88. The van der Waals surface area contributed by atoms with Crippen LogP contribution < -0.4 is 10.2 Å². The maximum Gasteiger partial charge on any atom is 0.159 e. The number of aromatic nitrogens is 4. The lowest BCUT2D eigenvalue weighted by Gasteiger charge is -2.29. The quantitative estimate of drug-likeness (QED) is 0.809. The van der Waals surface area contributed by atoms with Crippen LogP contribution in [0.4, 0.5) is 5.82 Å². The van der Waals surface area contributed by atoms with Gasteiger partial charge in [0, 0.05) is 44.1 Å². The third-order valence-electron chi connectivity index (χ3n) is 3.06. The van der Waals surface area contributed by atoms with Crippen LogP contribution >= 0.6 is 0 Å². The Balaban J connectivity index is 2.03. The highest BCUT2D eigenvalue weighted by atomic mass is 15.3. The Bertz CT molecular complexity index is 515. The Morgan fingerprint density at radius 3 is 2.78 bits per heavy atom. The second-order valence-electron chi connectivity index (χ2n) is 4.37. The number of nitrogens with one attached hydrogen (secondary N) is 2. The summed E-state index contributed by atoms with van der Waals surface area (Å²) >= 11 is 0. The Labute approximate surface area is 105 Å². The fraction of sp³-hybridized carbons (Fsp3) is 0.417. The monoisotopic (exact) mass is 244 g/mol. The molecule has 2 N–H and O–H groups in total. The number of hydrogen-bond acceptors (Lipinski definition) is 5. The van der Waals surface area contributed by atoms with Crippen molar-refractivity contribution in [2.75, 3.05) is 31.1 Å². The van der Waals surface area contributed by atoms with Crippen LogP contribution in [0.3, 0.4) is 0 Å². The number of rotatable bonds is 2. The zero-order valence-electron chi connectivity index (χ0n) is 10.3. The minimum Gasteiger partial charge on any atom is -0.367 e. The Morgan fingerprint density at radius 1 is 1.22 bits per heavy atom. The highest BCUT2D eigenvalue weighted by Crippen LogP contribution is 2.26. The summed E-state index contributed by atoms with van der Waals surface area (Å²) in [7, 11) is 0.